The van der Waals surface area contributed by atoms with E-state index >= 15 is 0 Å². The first kappa shape index (κ1) is 7.77. The summed E-state index contributed by atoms with van der Waals surface area (Å²) in [5.41, 5.74) is 0. The van der Waals surface area contributed by atoms with Crippen LogP contribution in [0.1, 0.15) is 12.8 Å². The molecule has 6 unspecified atom stereocenters. The summed E-state index contributed by atoms with van der Waals surface area (Å²) >= 11 is 0.440. The fraction of sp³-hybridized carbons (Fsp3) is 1.00. The van der Waals surface area contributed by atoms with E-state index in [0.717, 1.165) is 12.8 Å². The molecule has 0 saturated carbocycles. The third-order valence-electron chi connectivity index (χ3n) is 3.15. The summed E-state index contributed by atoms with van der Waals surface area (Å²) in [5.74, 6) is 0. The van der Waals surface area contributed by atoms with Crippen molar-refractivity contribution in [2.24, 2.45) is 0 Å². The van der Waals surface area contributed by atoms with E-state index in [1.807, 2.05) is 0 Å². The quantitative estimate of drug-likeness (QED) is 0.560. The minimum absolute atomic E-state index is 0.0396. The van der Waals surface area contributed by atoms with Gasteiger partial charge in [0.25, 0.3) is 0 Å². The zero-order chi connectivity index (χ0) is 8.29. The van der Waals surface area contributed by atoms with Gasteiger partial charge < -0.3 is 0 Å². The van der Waals surface area contributed by atoms with Crippen molar-refractivity contribution in [1.82, 2.24) is 0 Å². The first-order valence-electron chi connectivity index (χ1n) is 4.43. The molecule has 4 aliphatic rings. The van der Waals surface area contributed by atoms with Crippen LogP contribution in [0, 0.1) is 0 Å². The molecule has 4 aliphatic heterocycles. The van der Waals surface area contributed by atoms with E-state index in [1.54, 1.807) is 0 Å². The summed E-state index contributed by atoms with van der Waals surface area (Å²) in [6.45, 7) is 0. The van der Waals surface area contributed by atoms with Gasteiger partial charge in [-0.05, 0) is 0 Å². The van der Waals surface area contributed by atoms with E-state index in [2.05, 4.69) is 0 Å². The second-order valence-corrected chi connectivity index (χ2v) is 6.99. The van der Waals surface area contributed by atoms with Crippen LogP contribution in [-0.4, -0.2) is 49.6 Å². The first-order chi connectivity index (χ1) is 5.75. The second kappa shape index (κ2) is 2.46. The van der Waals surface area contributed by atoms with Crippen LogP contribution in [0.15, 0.2) is 0 Å². The first-order valence-corrected chi connectivity index (χ1v) is 6.40. The molecule has 6 atom stereocenters. The summed E-state index contributed by atoms with van der Waals surface area (Å²) in [4.78, 5) is 0.923. The van der Waals surface area contributed by atoms with E-state index in [9.17, 15) is 10.2 Å². The zero-order valence-corrected chi connectivity index (χ0v) is 8.30. The molecule has 4 saturated heterocycles. The van der Waals surface area contributed by atoms with Crippen molar-refractivity contribution in [2.45, 2.75) is 46.9 Å². The maximum absolute atomic E-state index is 9.72. The van der Waals surface area contributed by atoms with E-state index in [0.29, 0.717) is 24.6 Å². The molecule has 12 heavy (non-hydrogen) atoms. The molecule has 2 N–H and O–H groups in total. The zero-order valence-electron chi connectivity index (χ0n) is 6.59. The van der Waals surface area contributed by atoms with Crippen LogP contribution < -0.4 is 0 Å². The van der Waals surface area contributed by atoms with Crippen molar-refractivity contribution in [3.8, 4) is 0 Å². The molecule has 4 heteroatoms. The van der Waals surface area contributed by atoms with Gasteiger partial charge in [0.2, 0.25) is 0 Å². The fourth-order valence-corrected chi connectivity index (χ4v) is 6.10. The van der Waals surface area contributed by atoms with Crippen molar-refractivity contribution < 1.29 is 14.9 Å². The molecule has 0 radical (unpaired) electrons. The van der Waals surface area contributed by atoms with E-state index in [-0.39, 0.29) is 24.4 Å². The van der Waals surface area contributed by atoms with Crippen molar-refractivity contribution in [3.05, 3.63) is 0 Å². The Morgan fingerprint density at radius 3 is 1.92 bits per heavy atom. The Morgan fingerprint density at radius 2 is 1.50 bits per heavy atom. The summed E-state index contributed by atoms with van der Waals surface area (Å²) < 4.78 is 5.56. The van der Waals surface area contributed by atoms with Crippen molar-refractivity contribution in [1.29, 1.82) is 0 Å². The molecule has 0 spiro atoms. The molecule has 4 fully saturated rings. The standard InChI is InChI=1S/C8H12O3Se/c9-7-3-1-5-8(10)4(11-3)2-6(7)12-5/h3-10H,1-2H2. The molecular formula is C8H12O3Se. The maximum atomic E-state index is 9.72. The van der Waals surface area contributed by atoms with Crippen LogP contribution in [-0.2, 0) is 4.74 Å². The number of aliphatic hydroxyl groups is 2. The number of aliphatic hydroxyl groups excluding tert-OH is 2. The minimum atomic E-state index is -0.231. The SMILES string of the molecule is OC1C2CC3[Se]C1CC(O2)C3O. The van der Waals surface area contributed by atoms with Crippen molar-refractivity contribution >= 4 is 15.0 Å². The molecule has 4 heterocycles. The van der Waals surface area contributed by atoms with Gasteiger partial charge in [-0.2, -0.15) is 0 Å². The molecule has 4 rings (SSSR count). The van der Waals surface area contributed by atoms with Gasteiger partial charge >= 0.3 is 76.8 Å². The topological polar surface area (TPSA) is 49.7 Å². The molecule has 3 nitrogen and oxygen atoms in total. The van der Waals surface area contributed by atoms with Crippen LogP contribution in [0.5, 0.6) is 0 Å². The molecule has 0 amide bonds. The Morgan fingerprint density at radius 1 is 1.00 bits per heavy atom. The summed E-state index contributed by atoms with van der Waals surface area (Å²) in [7, 11) is 0. The van der Waals surface area contributed by atoms with Crippen LogP contribution in [0.2, 0.25) is 9.63 Å². The van der Waals surface area contributed by atoms with E-state index in [4.69, 9.17) is 4.74 Å². The molecule has 0 aromatic carbocycles. The number of rotatable bonds is 0. The van der Waals surface area contributed by atoms with Gasteiger partial charge in [-0.1, -0.05) is 0 Å². The number of hydrogen-bond acceptors (Lipinski definition) is 3. The number of hydrogen-bond donors (Lipinski definition) is 2. The van der Waals surface area contributed by atoms with Gasteiger partial charge in [-0.15, -0.1) is 0 Å². The van der Waals surface area contributed by atoms with Crippen molar-refractivity contribution in [2.75, 3.05) is 0 Å². The van der Waals surface area contributed by atoms with Crippen LogP contribution in [0.4, 0.5) is 0 Å². The van der Waals surface area contributed by atoms with Crippen LogP contribution >= 0.6 is 0 Å². The average molecular weight is 235 g/mol. The van der Waals surface area contributed by atoms with Gasteiger partial charge in [0.1, 0.15) is 0 Å². The Balaban J connectivity index is 1.91. The van der Waals surface area contributed by atoms with Gasteiger partial charge in [0.05, 0.1) is 0 Å². The fourth-order valence-electron chi connectivity index (χ4n) is 2.49. The van der Waals surface area contributed by atoms with Gasteiger partial charge in [0, 0.05) is 0 Å². The summed E-state index contributed by atoms with van der Waals surface area (Å²) in [6, 6.07) is 0. The van der Waals surface area contributed by atoms with Crippen molar-refractivity contribution in [3.63, 3.8) is 0 Å². The third-order valence-corrected chi connectivity index (χ3v) is 6.60. The summed E-state index contributed by atoms with van der Waals surface area (Å²) in [6.07, 6.45) is 1.38. The number of ether oxygens (including phenoxy) is 1. The van der Waals surface area contributed by atoms with Gasteiger partial charge in [-0.3, -0.25) is 0 Å². The van der Waals surface area contributed by atoms with E-state index < -0.39 is 0 Å². The second-order valence-electron chi connectivity index (χ2n) is 3.88. The Hall–Kier alpha value is 0.399. The Bertz CT molecular complexity index is 160. The molecule has 0 aliphatic carbocycles. The summed E-state index contributed by atoms with van der Waals surface area (Å²) in [5, 5.41) is 19.4. The van der Waals surface area contributed by atoms with Gasteiger partial charge in [-0.25, -0.2) is 0 Å². The van der Waals surface area contributed by atoms with Crippen LogP contribution in [0.25, 0.3) is 0 Å². The normalized spacial score (nSPS) is 62.5. The molecule has 0 aromatic heterocycles. The molecular weight excluding hydrogens is 223 g/mol. The van der Waals surface area contributed by atoms with Gasteiger partial charge in [0.15, 0.2) is 0 Å². The monoisotopic (exact) mass is 236 g/mol. The van der Waals surface area contributed by atoms with Crippen LogP contribution in [0.3, 0.4) is 0 Å². The third kappa shape index (κ3) is 0.875. The molecule has 68 valence electrons. The Labute approximate surface area is 77.3 Å². The molecule has 0 aromatic rings. The predicted molar refractivity (Wildman–Crippen MR) is 43.2 cm³/mol. The predicted octanol–water partition coefficient (Wildman–Crippen LogP) is -0.436. The Kier molecular flexibility index (Phi) is 1.59. The molecule has 4 bridgehead atoms. The average Bonchev–Trinajstić information content (AvgIpc) is 2.02. The van der Waals surface area contributed by atoms with E-state index in [1.165, 1.54) is 0 Å².